The van der Waals surface area contributed by atoms with E-state index >= 15 is 0 Å². The van der Waals surface area contributed by atoms with E-state index in [2.05, 4.69) is 0 Å². The van der Waals surface area contributed by atoms with E-state index in [0.29, 0.717) is 25.3 Å². The van der Waals surface area contributed by atoms with Crippen molar-refractivity contribution >= 4 is 18.3 Å². The summed E-state index contributed by atoms with van der Waals surface area (Å²) >= 11 is 0. The molecule has 1 heterocycles. The molecule has 0 bridgehead atoms. The Morgan fingerprint density at radius 3 is 2.47 bits per heavy atom. The standard InChI is InChI=1S/C23H33N3O4/c1-18-8-7-13-26(18,23(24)29)22(28)21(14-19-9-5-6-10-19)15-25(17-27)30-16-20-11-3-2-4-12-20/h2-4,11-12,17-19,21H,5-10,13-16H2,1H3,(H-,24,29)/p+1/t18-,21?,26?/m1/s1. The Kier molecular flexibility index (Phi) is 7.61. The molecule has 1 saturated carbocycles. The molecule has 164 valence electrons. The van der Waals surface area contributed by atoms with Crippen molar-refractivity contribution < 1.29 is 23.7 Å². The minimum atomic E-state index is -0.579. The van der Waals surface area contributed by atoms with Crippen LogP contribution in [0.3, 0.4) is 0 Å². The Bertz CT molecular complexity index is 735. The maximum Gasteiger partial charge on any atom is 0.421 e. The van der Waals surface area contributed by atoms with Crippen molar-refractivity contribution in [2.75, 3.05) is 13.1 Å². The van der Waals surface area contributed by atoms with Gasteiger partial charge >= 0.3 is 11.9 Å². The Hall–Kier alpha value is -2.25. The number of benzene rings is 1. The zero-order valence-corrected chi connectivity index (χ0v) is 17.9. The number of hydrogen-bond acceptors (Lipinski definition) is 4. The SMILES string of the molecule is C[C@@H]1CCC[N+]1(C(N)=O)C(=O)C(CC1CCCC1)CN(C=O)OCc1ccccc1. The van der Waals surface area contributed by atoms with Gasteiger partial charge in [0.05, 0.1) is 19.0 Å². The highest BCUT2D eigenvalue weighted by atomic mass is 16.7. The minimum absolute atomic E-state index is 0.129. The number of hydroxylamine groups is 2. The van der Waals surface area contributed by atoms with Gasteiger partial charge in [0.15, 0.2) is 0 Å². The van der Waals surface area contributed by atoms with E-state index in [9.17, 15) is 14.4 Å². The summed E-state index contributed by atoms with van der Waals surface area (Å²) in [4.78, 5) is 43.6. The highest BCUT2D eigenvalue weighted by Gasteiger charge is 2.54. The van der Waals surface area contributed by atoms with E-state index in [-0.39, 0.29) is 29.6 Å². The lowest BCUT2D eigenvalue weighted by molar-refractivity contribution is -0.785. The van der Waals surface area contributed by atoms with E-state index in [1.807, 2.05) is 37.3 Å². The third-order valence-corrected chi connectivity index (χ3v) is 6.87. The minimum Gasteiger partial charge on any atom is -0.318 e. The summed E-state index contributed by atoms with van der Waals surface area (Å²) in [7, 11) is 0. The number of hydrogen-bond donors (Lipinski definition) is 1. The van der Waals surface area contributed by atoms with E-state index in [4.69, 9.17) is 10.6 Å². The van der Waals surface area contributed by atoms with Crippen molar-refractivity contribution in [3.63, 3.8) is 0 Å². The van der Waals surface area contributed by atoms with E-state index < -0.39 is 11.9 Å². The topological polar surface area (TPSA) is 89.7 Å². The number of rotatable bonds is 9. The molecule has 0 aromatic heterocycles. The highest BCUT2D eigenvalue weighted by Crippen LogP contribution is 2.35. The second-order valence-corrected chi connectivity index (χ2v) is 8.81. The van der Waals surface area contributed by atoms with Crippen molar-refractivity contribution in [1.29, 1.82) is 0 Å². The molecule has 2 unspecified atom stereocenters. The molecular formula is C23H34N3O4+. The zero-order valence-electron chi connectivity index (χ0n) is 17.9. The number of carbonyl (C=O) groups is 3. The second-order valence-electron chi connectivity index (χ2n) is 8.81. The molecule has 3 rings (SSSR count). The van der Waals surface area contributed by atoms with Crippen LogP contribution in [0, 0.1) is 11.8 Å². The third kappa shape index (κ3) is 4.90. The zero-order chi connectivity index (χ0) is 21.6. The molecular weight excluding hydrogens is 382 g/mol. The number of urea groups is 1. The molecule has 2 fully saturated rings. The third-order valence-electron chi connectivity index (χ3n) is 6.87. The summed E-state index contributed by atoms with van der Waals surface area (Å²) in [6, 6.07) is 8.87. The van der Waals surface area contributed by atoms with Crippen LogP contribution in [-0.2, 0) is 21.0 Å². The summed E-state index contributed by atoms with van der Waals surface area (Å²) in [6.07, 6.45) is 7.39. The largest absolute Gasteiger partial charge is 0.421 e. The maximum absolute atomic E-state index is 13.7. The number of nitrogens with two attached hydrogens (primary N) is 1. The number of nitrogens with zero attached hydrogens (tertiary/aromatic N) is 2. The van der Waals surface area contributed by atoms with Gasteiger partial charge in [0, 0.05) is 12.8 Å². The van der Waals surface area contributed by atoms with Crippen molar-refractivity contribution in [2.45, 2.75) is 64.5 Å². The lowest BCUT2D eigenvalue weighted by Crippen LogP contribution is -2.64. The van der Waals surface area contributed by atoms with Crippen molar-refractivity contribution in [2.24, 2.45) is 17.6 Å². The molecule has 2 N–H and O–H groups in total. The quantitative estimate of drug-likeness (QED) is 0.380. The van der Waals surface area contributed by atoms with Crippen LogP contribution in [0.1, 0.15) is 57.4 Å². The summed E-state index contributed by atoms with van der Waals surface area (Å²) in [5.41, 5.74) is 6.71. The average molecular weight is 417 g/mol. The van der Waals surface area contributed by atoms with Gasteiger partial charge < -0.3 is 5.73 Å². The number of carbonyl (C=O) groups excluding carboxylic acids is 3. The molecule has 1 aromatic rings. The van der Waals surface area contributed by atoms with Crippen LogP contribution < -0.4 is 5.73 Å². The van der Waals surface area contributed by atoms with E-state index in [1.165, 1.54) is 17.9 Å². The van der Waals surface area contributed by atoms with E-state index in [0.717, 1.165) is 31.2 Å². The predicted octanol–water partition coefficient (Wildman–Crippen LogP) is 3.38. The Morgan fingerprint density at radius 1 is 1.20 bits per heavy atom. The summed E-state index contributed by atoms with van der Waals surface area (Å²) in [5.74, 6) is -0.191. The van der Waals surface area contributed by atoms with Gasteiger partial charge in [-0.25, -0.2) is 14.7 Å². The van der Waals surface area contributed by atoms with Crippen LogP contribution >= 0.6 is 0 Å². The van der Waals surface area contributed by atoms with Gasteiger partial charge in [0.1, 0.15) is 12.6 Å². The molecule has 0 spiro atoms. The average Bonchev–Trinajstić information content (AvgIpc) is 3.40. The van der Waals surface area contributed by atoms with Crippen LogP contribution in [0.2, 0.25) is 0 Å². The molecule has 7 nitrogen and oxygen atoms in total. The molecule has 0 radical (unpaired) electrons. The van der Waals surface area contributed by atoms with Gasteiger partial charge in [-0.1, -0.05) is 56.0 Å². The fourth-order valence-corrected chi connectivity index (χ4v) is 5.14. The first-order valence-electron chi connectivity index (χ1n) is 11.1. The molecule has 4 amide bonds. The number of amides is 4. The van der Waals surface area contributed by atoms with Crippen LogP contribution in [0.15, 0.2) is 30.3 Å². The fourth-order valence-electron chi connectivity index (χ4n) is 5.14. The van der Waals surface area contributed by atoms with Gasteiger partial charge in [-0.05, 0) is 24.8 Å². The first-order chi connectivity index (χ1) is 14.5. The second kappa shape index (κ2) is 10.2. The first-order valence-corrected chi connectivity index (χ1v) is 11.1. The molecule has 1 aliphatic carbocycles. The summed E-state index contributed by atoms with van der Waals surface area (Å²) in [6.45, 7) is 2.76. The van der Waals surface area contributed by atoms with E-state index in [1.54, 1.807) is 0 Å². The van der Waals surface area contributed by atoms with Crippen molar-refractivity contribution in [3.8, 4) is 0 Å². The molecule has 2 aliphatic rings. The normalized spacial score (nSPS) is 25.2. The lowest BCUT2D eigenvalue weighted by atomic mass is 9.91. The lowest BCUT2D eigenvalue weighted by Gasteiger charge is -2.35. The molecule has 30 heavy (non-hydrogen) atoms. The summed E-state index contributed by atoms with van der Waals surface area (Å²) in [5, 5.41) is 1.21. The van der Waals surface area contributed by atoms with Crippen molar-refractivity contribution in [1.82, 2.24) is 5.06 Å². The van der Waals surface area contributed by atoms with Gasteiger partial charge in [0.25, 0.3) is 0 Å². The first kappa shape index (κ1) is 22.4. The monoisotopic (exact) mass is 416 g/mol. The fraction of sp³-hybridized carbons (Fsp3) is 0.609. The van der Waals surface area contributed by atoms with Crippen LogP contribution in [0.25, 0.3) is 0 Å². The Labute approximate surface area is 178 Å². The smallest absolute Gasteiger partial charge is 0.318 e. The van der Waals surface area contributed by atoms with Gasteiger partial charge in [-0.2, -0.15) is 4.48 Å². The number of likely N-dealkylation sites (tertiary alicyclic amines) is 1. The summed E-state index contributed by atoms with van der Waals surface area (Å²) < 4.78 is -0.303. The number of primary amides is 1. The molecule has 1 saturated heterocycles. The molecule has 1 aromatic carbocycles. The maximum atomic E-state index is 13.7. The van der Waals surface area contributed by atoms with Gasteiger partial charge in [0.2, 0.25) is 6.41 Å². The molecule has 3 atom stereocenters. The predicted molar refractivity (Wildman–Crippen MR) is 112 cm³/mol. The molecule has 7 heteroatoms. The van der Waals surface area contributed by atoms with Crippen molar-refractivity contribution in [3.05, 3.63) is 35.9 Å². The van der Waals surface area contributed by atoms with Gasteiger partial charge in [-0.3, -0.25) is 9.63 Å². The molecule has 1 aliphatic heterocycles. The Morgan fingerprint density at radius 2 is 1.90 bits per heavy atom. The number of imide groups is 1. The van der Waals surface area contributed by atoms with Crippen LogP contribution in [0.5, 0.6) is 0 Å². The number of quaternary nitrogens is 1. The highest BCUT2D eigenvalue weighted by molar-refractivity contribution is 5.85. The van der Waals surface area contributed by atoms with Gasteiger partial charge in [-0.15, -0.1) is 0 Å². The van der Waals surface area contributed by atoms with Crippen LogP contribution in [0.4, 0.5) is 4.79 Å². The Balaban J connectivity index is 1.76. The van der Waals surface area contributed by atoms with Crippen LogP contribution in [-0.4, -0.2) is 47.0 Å².